The molecule has 3 N–H and O–H groups in total. The van der Waals surface area contributed by atoms with Crippen LogP contribution >= 0.6 is 23.1 Å². The second-order valence-electron chi connectivity index (χ2n) is 10.5. The first-order chi connectivity index (χ1) is 23.2. The van der Waals surface area contributed by atoms with Crippen molar-refractivity contribution in [2.75, 3.05) is 24.9 Å². The van der Waals surface area contributed by atoms with Crippen LogP contribution in [0.25, 0.3) is 17.3 Å². The van der Waals surface area contributed by atoms with Gasteiger partial charge in [0.05, 0.1) is 25.2 Å². The molecule has 0 aliphatic heterocycles. The van der Waals surface area contributed by atoms with Gasteiger partial charge in [0.15, 0.2) is 5.13 Å². The lowest BCUT2D eigenvalue weighted by atomic mass is 10.1. The Morgan fingerprint density at radius 1 is 0.854 bits per heavy atom. The number of rotatable bonds is 12. The van der Waals surface area contributed by atoms with Crippen molar-refractivity contribution >= 4 is 57.7 Å². The third kappa shape index (κ3) is 8.69. The number of hydrogen-bond acceptors (Lipinski definition) is 8. The number of nitrogens with zero attached hydrogens (tertiary/aromatic N) is 1. The van der Waals surface area contributed by atoms with E-state index >= 15 is 0 Å². The average molecular weight is 679 g/mol. The second kappa shape index (κ2) is 15.9. The third-order valence-electron chi connectivity index (χ3n) is 7.12. The van der Waals surface area contributed by atoms with E-state index in [-0.39, 0.29) is 11.6 Å². The van der Waals surface area contributed by atoms with E-state index in [9.17, 15) is 14.4 Å². The largest absolute Gasteiger partial charge is 0.497 e. The molecule has 1 unspecified atom stereocenters. The van der Waals surface area contributed by atoms with E-state index in [0.717, 1.165) is 21.0 Å². The molecule has 0 saturated heterocycles. The van der Waals surface area contributed by atoms with Gasteiger partial charge in [-0.2, -0.15) is 0 Å². The smallest absolute Gasteiger partial charge is 0.272 e. The molecule has 0 saturated carbocycles. The van der Waals surface area contributed by atoms with Crippen molar-refractivity contribution in [1.82, 2.24) is 10.3 Å². The van der Waals surface area contributed by atoms with Crippen LogP contribution in [0.5, 0.6) is 11.5 Å². The van der Waals surface area contributed by atoms with Gasteiger partial charge in [-0.25, -0.2) is 4.98 Å². The Hall–Kier alpha value is -5.39. The monoisotopic (exact) mass is 678 g/mol. The van der Waals surface area contributed by atoms with Crippen LogP contribution in [0.4, 0.5) is 10.8 Å². The maximum atomic E-state index is 13.6. The Morgan fingerprint density at radius 2 is 1.58 bits per heavy atom. The van der Waals surface area contributed by atoms with Crippen molar-refractivity contribution in [2.45, 2.75) is 24.0 Å². The summed E-state index contributed by atoms with van der Waals surface area (Å²) in [5.74, 6) is -0.133. The van der Waals surface area contributed by atoms with Crippen molar-refractivity contribution in [3.05, 3.63) is 125 Å². The predicted molar refractivity (Wildman–Crippen MR) is 193 cm³/mol. The molecule has 0 spiro atoms. The molecule has 3 amide bonds. The minimum Gasteiger partial charge on any atom is -0.497 e. The van der Waals surface area contributed by atoms with Crippen LogP contribution < -0.4 is 25.4 Å². The molecular weight excluding hydrogens is 645 g/mol. The number of carbonyl (C=O) groups excluding carboxylic acids is 3. The summed E-state index contributed by atoms with van der Waals surface area (Å²) in [5.41, 5.74) is 3.29. The summed E-state index contributed by atoms with van der Waals surface area (Å²) in [6.07, 6.45) is 1.54. The highest BCUT2D eigenvalue weighted by molar-refractivity contribution is 8.00. The van der Waals surface area contributed by atoms with Crippen LogP contribution in [-0.2, 0) is 9.59 Å². The van der Waals surface area contributed by atoms with Crippen molar-refractivity contribution in [3.8, 4) is 22.8 Å². The van der Waals surface area contributed by atoms with Gasteiger partial charge in [-0.05, 0) is 62.4 Å². The minimum absolute atomic E-state index is 0.00624. The Bertz CT molecular complexity index is 1940. The Balaban J connectivity index is 1.30. The number of nitrogens with one attached hydrogen (secondary N) is 3. The summed E-state index contributed by atoms with van der Waals surface area (Å²) >= 11 is 2.78. The molecule has 0 bridgehead atoms. The topological polar surface area (TPSA) is 119 Å². The van der Waals surface area contributed by atoms with Gasteiger partial charge in [0.1, 0.15) is 17.2 Å². The van der Waals surface area contributed by atoms with Crippen LogP contribution in [0.3, 0.4) is 0 Å². The number of benzene rings is 4. The number of aromatic nitrogens is 1. The van der Waals surface area contributed by atoms with Crippen LogP contribution in [0.15, 0.2) is 114 Å². The molecule has 0 aliphatic rings. The SMILES string of the molecule is COc1ccc(/C=C(/NC(=O)c2ccccc2)C(=O)Nc2cccc(SC(C)C(=O)Nc3nc(-c4ccccc4)c(C)s3)c2)c(OC)c1. The highest BCUT2D eigenvalue weighted by atomic mass is 32.2. The number of anilines is 2. The third-order valence-corrected chi connectivity index (χ3v) is 9.10. The fraction of sp³-hybridized carbons (Fsp3) is 0.135. The van der Waals surface area contributed by atoms with Gasteiger partial charge in [0, 0.05) is 38.2 Å². The molecule has 9 nitrogen and oxygen atoms in total. The molecule has 244 valence electrons. The first kappa shape index (κ1) is 34.0. The highest BCUT2D eigenvalue weighted by Crippen LogP contribution is 2.32. The number of ether oxygens (including phenoxy) is 2. The molecule has 1 atom stereocenters. The lowest BCUT2D eigenvalue weighted by molar-refractivity contribution is -0.115. The van der Waals surface area contributed by atoms with E-state index in [0.29, 0.717) is 33.4 Å². The molecule has 1 heterocycles. The number of thioether (sulfide) groups is 1. The van der Waals surface area contributed by atoms with Gasteiger partial charge in [-0.15, -0.1) is 23.1 Å². The molecule has 1 aromatic heterocycles. The number of amides is 3. The lowest BCUT2D eigenvalue weighted by Crippen LogP contribution is -2.30. The quantitative estimate of drug-likeness (QED) is 0.0916. The van der Waals surface area contributed by atoms with Gasteiger partial charge in [0.2, 0.25) is 5.91 Å². The van der Waals surface area contributed by atoms with Crippen LogP contribution in [0.1, 0.15) is 27.7 Å². The van der Waals surface area contributed by atoms with Gasteiger partial charge in [0.25, 0.3) is 11.8 Å². The molecule has 0 aliphatic carbocycles. The Labute approximate surface area is 287 Å². The normalized spacial score (nSPS) is 11.7. The standard InChI is InChI=1S/C37H34N4O5S2/c1-23-33(25-12-7-5-8-13-25)40-37(48-23)41-34(42)24(2)47-30-17-11-16-28(21-30)38-36(44)31(39-35(43)26-14-9-6-10-15-26)20-27-18-19-29(45-3)22-32(27)46-4/h5-22,24H,1-4H3,(H,38,44)(H,39,43)(H,40,41,42)/b31-20+. The van der Waals surface area contributed by atoms with Crippen molar-refractivity contribution < 1.29 is 23.9 Å². The predicted octanol–water partition coefficient (Wildman–Crippen LogP) is 7.66. The average Bonchev–Trinajstić information content (AvgIpc) is 3.48. The van der Waals surface area contributed by atoms with Gasteiger partial charge in [-0.1, -0.05) is 54.6 Å². The summed E-state index contributed by atoms with van der Waals surface area (Å²) in [5, 5.41) is 8.64. The molecular formula is C37H34N4O5S2. The number of methoxy groups -OCH3 is 2. The van der Waals surface area contributed by atoms with Crippen LogP contribution in [-0.4, -0.2) is 42.2 Å². The highest BCUT2D eigenvalue weighted by Gasteiger charge is 2.20. The minimum atomic E-state index is -0.543. The van der Waals surface area contributed by atoms with E-state index in [4.69, 9.17) is 9.47 Å². The van der Waals surface area contributed by atoms with Gasteiger partial charge < -0.3 is 25.4 Å². The molecule has 0 fully saturated rings. The fourth-order valence-electron chi connectivity index (χ4n) is 4.66. The molecule has 0 radical (unpaired) electrons. The fourth-order valence-corrected chi connectivity index (χ4v) is 6.42. The zero-order chi connectivity index (χ0) is 34.0. The first-order valence-electron chi connectivity index (χ1n) is 15.0. The van der Waals surface area contributed by atoms with Crippen LogP contribution in [0.2, 0.25) is 0 Å². The zero-order valence-corrected chi connectivity index (χ0v) is 28.4. The second-order valence-corrected chi connectivity index (χ2v) is 13.1. The van der Waals surface area contributed by atoms with Crippen molar-refractivity contribution in [3.63, 3.8) is 0 Å². The molecule has 5 rings (SSSR count). The lowest BCUT2D eigenvalue weighted by Gasteiger charge is -2.14. The van der Waals surface area contributed by atoms with Gasteiger partial charge >= 0.3 is 0 Å². The Kier molecular flexibility index (Phi) is 11.3. The number of aryl methyl sites for hydroxylation is 1. The van der Waals surface area contributed by atoms with Crippen molar-refractivity contribution in [1.29, 1.82) is 0 Å². The zero-order valence-electron chi connectivity index (χ0n) is 26.8. The van der Waals surface area contributed by atoms with E-state index in [2.05, 4.69) is 20.9 Å². The van der Waals surface area contributed by atoms with Crippen molar-refractivity contribution in [2.24, 2.45) is 0 Å². The first-order valence-corrected chi connectivity index (χ1v) is 16.7. The number of thiazole rings is 1. The summed E-state index contributed by atoms with van der Waals surface area (Å²) in [6, 6.07) is 30.8. The summed E-state index contributed by atoms with van der Waals surface area (Å²) in [6.45, 7) is 3.79. The van der Waals surface area contributed by atoms with E-state index < -0.39 is 17.1 Å². The summed E-state index contributed by atoms with van der Waals surface area (Å²) in [7, 11) is 3.06. The number of carbonyl (C=O) groups is 3. The Morgan fingerprint density at radius 3 is 2.29 bits per heavy atom. The van der Waals surface area contributed by atoms with E-state index in [1.165, 1.54) is 30.2 Å². The molecule has 5 aromatic rings. The van der Waals surface area contributed by atoms with E-state index in [1.807, 2.05) is 50.2 Å². The van der Waals surface area contributed by atoms with E-state index in [1.54, 1.807) is 79.9 Å². The van der Waals surface area contributed by atoms with Gasteiger partial charge in [-0.3, -0.25) is 14.4 Å². The molecule has 4 aromatic carbocycles. The maximum absolute atomic E-state index is 13.6. The summed E-state index contributed by atoms with van der Waals surface area (Å²) in [4.78, 5) is 46.3. The maximum Gasteiger partial charge on any atom is 0.272 e. The molecule has 48 heavy (non-hydrogen) atoms. The summed E-state index contributed by atoms with van der Waals surface area (Å²) < 4.78 is 10.8. The number of hydrogen-bond donors (Lipinski definition) is 3. The van der Waals surface area contributed by atoms with Crippen LogP contribution in [0, 0.1) is 6.92 Å². The molecule has 11 heteroatoms.